The molecule has 0 unspecified atom stereocenters. The molecular weight excluding hydrogens is 310 g/mol. The minimum Gasteiger partial charge on any atom is -0.462 e. The first-order valence-electron chi connectivity index (χ1n) is 7.66. The number of esters is 1. The molecule has 1 aromatic carbocycles. The van der Waals surface area contributed by atoms with Gasteiger partial charge in [-0.25, -0.2) is 4.79 Å². The van der Waals surface area contributed by atoms with Gasteiger partial charge in [-0.15, -0.1) is 11.3 Å². The fourth-order valence-corrected chi connectivity index (χ4v) is 3.21. The van der Waals surface area contributed by atoms with Crippen LogP contribution in [0.25, 0.3) is 11.1 Å². The Morgan fingerprint density at radius 3 is 2.52 bits per heavy atom. The predicted octanol–water partition coefficient (Wildman–Crippen LogP) is 4.58. The zero-order valence-electron chi connectivity index (χ0n) is 13.6. The van der Waals surface area contributed by atoms with E-state index in [0.717, 1.165) is 11.1 Å². The lowest BCUT2D eigenvalue weighted by Gasteiger charge is -2.09. The molecule has 5 heteroatoms. The van der Waals surface area contributed by atoms with Gasteiger partial charge in [-0.2, -0.15) is 0 Å². The summed E-state index contributed by atoms with van der Waals surface area (Å²) in [5.74, 6) is -0.242. The Hall–Kier alpha value is -2.14. The smallest absolute Gasteiger partial charge is 0.341 e. The monoisotopic (exact) mass is 331 g/mol. The van der Waals surface area contributed by atoms with Crippen LogP contribution in [0.4, 0.5) is 5.00 Å². The van der Waals surface area contributed by atoms with E-state index in [1.54, 1.807) is 6.92 Å². The van der Waals surface area contributed by atoms with Crippen molar-refractivity contribution in [3.05, 3.63) is 41.3 Å². The lowest BCUT2D eigenvalue weighted by atomic mass is 10.0. The van der Waals surface area contributed by atoms with Gasteiger partial charge in [-0.3, -0.25) is 4.79 Å². The zero-order valence-corrected chi connectivity index (χ0v) is 14.4. The van der Waals surface area contributed by atoms with E-state index in [2.05, 4.69) is 5.32 Å². The van der Waals surface area contributed by atoms with Crippen LogP contribution in [-0.2, 0) is 9.53 Å². The van der Waals surface area contributed by atoms with Gasteiger partial charge in [0.2, 0.25) is 5.91 Å². The summed E-state index contributed by atoms with van der Waals surface area (Å²) in [5, 5.41) is 5.28. The van der Waals surface area contributed by atoms with Crippen LogP contribution in [0.15, 0.2) is 35.7 Å². The van der Waals surface area contributed by atoms with Gasteiger partial charge in [-0.1, -0.05) is 44.2 Å². The third-order valence-corrected chi connectivity index (χ3v) is 4.10. The molecule has 0 spiro atoms. The van der Waals surface area contributed by atoms with Gasteiger partial charge in [0.15, 0.2) is 0 Å². The van der Waals surface area contributed by atoms with Gasteiger partial charge in [0.05, 0.1) is 6.61 Å². The normalized spacial score (nSPS) is 10.6. The van der Waals surface area contributed by atoms with Gasteiger partial charge < -0.3 is 10.1 Å². The number of carbonyl (C=O) groups is 2. The van der Waals surface area contributed by atoms with Crippen LogP contribution in [0.3, 0.4) is 0 Å². The highest BCUT2D eigenvalue weighted by molar-refractivity contribution is 7.15. The van der Waals surface area contributed by atoms with Gasteiger partial charge >= 0.3 is 5.97 Å². The number of anilines is 1. The van der Waals surface area contributed by atoms with Gasteiger partial charge in [-0.05, 0) is 18.4 Å². The van der Waals surface area contributed by atoms with Crippen molar-refractivity contribution in [3.8, 4) is 11.1 Å². The highest BCUT2D eigenvalue weighted by atomic mass is 32.1. The van der Waals surface area contributed by atoms with E-state index < -0.39 is 5.97 Å². The van der Waals surface area contributed by atoms with Crippen LogP contribution in [0.2, 0.25) is 0 Å². The van der Waals surface area contributed by atoms with E-state index in [-0.39, 0.29) is 11.8 Å². The van der Waals surface area contributed by atoms with Crippen LogP contribution < -0.4 is 5.32 Å². The van der Waals surface area contributed by atoms with Crippen molar-refractivity contribution in [2.45, 2.75) is 27.2 Å². The Morgan fingerprint density at radius 1 is 1.22 bits per heavy atom. The second kappa shape index (κ2) is 7.92. The number of ether oxygens (including phenoxy) is 1. The van der Waals surface area contributed by atoms with Gasteiger partial charge in [0.25, 0.3) is 0 Å². The molecule has 122 valence electrons. The Kier molecular flexibility index (Phi) is 5.93. The Labute approximate surface area is 140 Å². The third kappa shape index (κ3) is 4.42. The molecule has 4 nitrogen and oxygen atoms in total. The molecule has 0 aliphatic rings. The van der Waals surface area contributed by atoms with Gasteiger partial charge in [0, 0.05) is 17.4 Å². The molecule has 1 amide bonds. The molecule has 23 heavy (non-hydrogen) atoms. The Balaban J connectivity index is 2.37. The van der Waals surface area contributed by atoms with E-state index in [1.807, 2.05) is 49.6 Å². The SMILES string of the molecule is CCOC(=O)c1c(-c2ccccc2)csc1NC(=O)CC(C)C. The van der Waals surface area contributed by atoms with Crippen molar-refractivity contribution < 1.29 is 14.3 Å². The number of benzene rings is 1. The van der Waals surface area contributed by atoms with E-state index in [1.165, 1.54) is 11.3 Å². The molecule has 0 saturated heterocycles. The summed E-state index contributed by atoms with van der Waals surface area (Å²) in [7, 11) is 0. The lowest BCUT2D eigenvalue weighted by molar-refractivity contribution is -0.116. The molecular formula is C18H21NO3S. The van der Waals surface area contributed by atoms with Crippen LogP contribution in [0.5, 0.6) is 0 Å². The van der Waals surface area contributed by atoms with Crippen molar-refractivity contribution in [1.29, 1.82) is 0 Å². The molecule has 0 fully saturated rings. The van der Waals surface area contributed by atoms with E-state index in [0.29, 0.717) is 23.6 Å². The summed E-state index contributed by atoms with van der Waals surface area (Å²) in [6, 6.07) is 9.62. The highest BCUT2D eigenvalue weighted by Gasteiger charge is 2.22. The molecule has 0 bridgehead atoms. The number of rotatable bonds is 6. The van der Waals surface area contributed by atoms with Crippen molar-refractivity contribution in [2.75, 3.05) is 11.9 Å². The van der Waals surface area contributed by atoms with Crippen molar-refractivity contribution in [3.63, 3.8) is 0 Å². The molecule has 0 radical (unpaired) electrons. The minimum absolute atomic E-state index is 0.0907. The molecule has 1 heterocycles. The summed E-state index contributed by atoms with van der Waals surface area (Å²) in [5.41, 5.74) is 2.14. The standard InChI is InChI=1S/C18H21NO3S/c1-4-22-18(21)16-14(13-8-6-5-7-9-13)11-23-17(16)19-15(20)10-12(2)3/h5-9,11-12H,4,10H2,1-3H3,(H,19,20). The van der Waals surface area contributed by atoms with Crippen LogP contribution >= 0.6 is 11.3 Å². The Morgan fingerprint density at radius 2 is 1.91 bits per heavy atom. The molecule has 1 aromatic heterocycles. The van der Waals surface area contributed by atoms with E-state index in [9.17, 15) is 9.59 Å². The topological polar surface area (TPSA) is 55.4 Å². The molecule has 2 rings (SSSR count). The second-order valence-electron chi connectivity index (χ2n) is 5.59. The summed E-state index contributed by atoms with van der Waals surface area (Å²) < 4.78 is 5.17. The molecule has 0 atom stereocenters. The third-order valence-electron chi connectivity index (χ3n) is 3.20. The van der Waals surface area contributed by atoms with Crippen LogP contribution in [-0.4, -0.2) is 18.5 Å². The number of hydrogen-bond donors (Lipinski definition) is 1. The fraction of sp³-hybridized carbons (Fsp3) is 0.333. The van der Waals surface area contributed by atoms with Crippen LogP contribution in [0, 0.1) is 5.92 Å². The average molecular weight is 331 g/mol. The summed E-state index contributed by atoms with van der Waals surface area (Å²) in [4.78, 5) is 24.4. The first kappa shape index (κ1) is 17.2. The number of amides is 1. The summed E-state index contributed by atoms with van der Waals surface area (Å²) in [6.07, 6.45) is 0.417. The molecule has 2 aromatic rings. The number of hydrogen-bond acceptors (Lipinski definition) is 4. The number of thiophene rings is 1. The zero-order chi connectivity index (χ0) is 16.8. The molecule has 0 aliphatic heterocycles. The summed E-state index contributed by atoms with van der Waals surface area (Å²) in [6.45, 7) is 6.02. The maximum atomic E-state index is 12.4. The Bertz CT molecular complexity index is 677. The van der Waals surface area contributed by atoms with Crippen molar-refractivity contribution in [2.24, 2.45) is 5.92 Å². The maximum absolute atomic E-state index is 12.4. The highest BCUT2D eigenvalue weighted by Crippen LogP contribution is 2.36. The first-order chi connectivity index (χ1) is 11.0. The van der Waals surface area contributed by atoms with Crippen molar-refractivity contribution in [1.82, 2.24) is 0 Å². The predicted molar refractivity (Wildman–Crippen MR) is 93.8 cm³/mol. The second-order valence-corrected chi connectivity index (χ2v) is 6.47. The quantitative estimate of drug-likeness (QED) is 0.789. The van der Waals surface area contributed by atoms with E-state index in [4.69, 9.17) is 4.74 Å². The average Bonchev–Trinajstić information content (AvgIpc) is 2.91. The largest absolute Gasteiger partial charge is 0.462 e. The van der Waals surface area contributed by atoms with Crippen LogP contribution in [0.1, 0.15) is 37.6 Å². The fourth-order valence-electron chi connectivity index (χ4n) is 2.23. The van der Waals surface area contributed by atoms with Crippen molar-refractivity contribution >= 4 is 28.2 Å². The van der Waals surface area contributed by atoms with Gasteiger partial charge in [0.1, 0.15) is 10.6 Å². The lowest BCUT2D eigenvalue weighted by Crippen LogP contribution is -2.16. The summed E-state index contributed by atoms with van der Waals surface area (Å²) >= 11 is 1.35. The maximum Gasteiger partial charge on any atom is 0.341 e. The minimum atomic E-state index is -0.410. The molecule has 0 saturated carbocycles. The number of carbonyl (C=O) groups excluding carboxylic acids is 2. The first-order valence-corrected chi connectivity index (χ1v) is 8.54. The molecule has 0 aliphatic carbocycles. The molecule has 1 N–H and O–H groups in total. The van der Waals surface area contributed by atoms with E-state index >= 15 is 0 Å². The number of nitrogens with one attached hydrogen (secondary N) is 1.